The van der Waals surface area contributed by atoms with Crippen LogP contribution in [0.3, 0.4) is 0 Å². The Labute approximate surface area is 138 Å². The maximum Gasteiger partial charge on any atom is 0.277 e. The number of hydrogen-bond acceptors (Lipinski definition) is 7. The van der Waals surface area contributed by atoms with Crippen LogP contribution in [0, 0.1) is 0 Å². The third-order valence-corrected chi connectivity index (χ3v) is 6.15. The number of nitrogens with zero attached hydrogens (tertiary/aromatic N) is 8. The minimum atomic E-state index is -3.60. The van der Waals surface area contributed by atoms with Crippen molar-refractivity contribution in [3.05, 3.63) is 30.9 Å². The van der Waals surface area contributed by atoms with E-state index in [1.807, 2.05) is 17.0 Å². The van der Waals surface area contributed by atoms with Gasteiger partial charge in [-0.1, -0.05) is 0 Å². The standard InChI is InChI=1S/C13H16N8O2S/c1-18-6-5-14-13(18)24(22,23)19(2)10-7-20(8-10)12-4-3-11-16-15-9-21(11)17-12/h3-6,9-10H,7-8H2,1-2H3. The number of anilines is 1. The van der Waals surface area contributed by atoms with Crippen molar-refractivity contribution in [1.82, 2.24) is 33.7 Å². The molecule has 0 spiro atoms. The summed E-state index contributed by atoms with van der Waals surface area (Å²) in [4.78, 5) is 5.95. The van der Waals surface area contributed by atoms with E-state index in [4.69, 9.17) is 0 Å². The van der Waals surface area contributed by atoms with Gasteiger partial charge in [-0.3, -0.25) is 0 Å². The van der Waals surface area contributed by atoms with Crippen LogP contribution in [0.2, 0.25) is 0 Å². The monoisotopic (exact) mass is 348 g/mol. The van der Waals surface area contributed by atoms with Crippen LogP contribution in [-0.2, 0) is 17.1 Å². The molecule has 4 rings (SSSR count). The number of rotatable bonds is 4. The second kappa shape index (κ2) is 5.24. The molecule has 1 aliphatic rings. The summed E-state index contributed by atoms with van der Waals surface area (Å²) in [5, 5.41) is 12.2. The van der Waals surface area contributed by atoms with Crippen LogP contribution in [-0.4, -0.2) is 68.3 Å². The second-order valence-electron chi connectivity index (χ2n) is 5.73. The molecule has 0 amide bonds. The van der Waals surface area contributed by atoms with Crippen molar-refractivity contribution >= 4 is 21.5 Å². The summed E-state index contributed by atoms with van der Waals surface area (Å²) < 4.78 is 29.7. The number of sulfonamides is 1. The fourth-order valence-electron chi connectivity index (χ4n) is 2.68. The second-order valence-corrected chi connectivity index (χ2v) is 7.62. The van der Waals surface area contributed by atoms with Crippen molar-refractivity contribution in [3.8, 4) is 0 Å². The summed E-state index contributed by atoms with van der Waals surface area (Å²) >= 11 is 0. The molecule has 1 fully saturated rings. The molecule has 10 nitrogen and oxygen atoms in total. The Bertz CT molecular complexity index is 988. The van der Waals surface area contributed by atoms with Crippen molar-refractivity contribution in [2.24, 2.45) is 7.05 Å². The van der Waals surface area contributed by atoms with Crippen LogP contribution >= 0.6 is 0 Å². The topological polar surface area (TPSA) is 102 Å². The van der Waals surface area contributed by atoms with Crippen molar-refractivity contribution in [3.63, 3.8) is 0 Å². The number of imidazole rings is 1. The third kappa shape index (κ3) is 2.24. The smallest absolute Gasteiger partial charge is 0.277 e. The number of aryl methyl sites for hydroxylation is 1. The molecule has 0 aliphatic carbocycles. The Morgan fingerprint density at radius 3 is 2.79 bits per heavy atom. The molecule has 0 saturated carbocycles. The molecule has 0 aromatic carbocycles. The first-order valence-electron chi connectivity index (χ1n) is 7.34. The minimum absolute atomic E-state index is 0.0486. The lowest BCUT2D eigenvalue weighted by Gasteiger charge is -2.43. The van der Waals surface area contributed by atoms with E-state index in [0.29, 0.717) is 18.7 Å². The molecule has 0 unspecified atom stereocenters. The Balaban J connectivity index is 1.49. The van der Waals surface area contributed by atoms with E-state index in [1.54, 1.807) is 24.8 Å². The highest BCUT2D eigenvalue weighted by atomic mass is 32.2. The fraction of sp³-hybridized carbons (Fsp3) is 0.385. The number of fused-ring (bicyclic) bond motifs is 1. The van der Waals surface area contributed by atoms with Crippen LogP contribution in [0.1, 0.15) is 0 Å². The fourth-order valence-corrected chi connectivity index (χ4v) is 4.09. The molecule has 1 aliphatic heterocycles. The van der Waals surface area contributed by atoms with Gasteiger partial charge in [-0.2, -0.15) is 8.82 Å². The first kappa shape index (κ1) is 15.0. The lowest BCUT2D eigenvalue weighted by atomic mass is 10.1. The Morgan fingerprint density at radius 1 is 1.29 bits per heavy atom. The van der Waals surface area contributed by atoms with Crippen molar-refractivity contribution in [2.45, 2.75) is 11.2 Å². The van der Waals surface area contributed by atoms with Gasteiger partial charge in [0, 0.05) is 39.6 Å². The van der Waals surface area contributed by atoms with Crippen LogP contribution in [0.25, 0.3) is 5.65 Å². The molecule has 3 aromatic rings. The summed E-state index contributed by atoms with van der Waals surface area (Å²) in [5.74, 6) is 0.765. The summed E-state index contributed by atoms with van der Waals surface area (Å²) in [6.45, 7) is 1.14. The average molecular weight is 348 g/mol. The molecule has 4 heterocycles. The maximum absolute atomic E-state index is 12.6. The number of aromatic nitrogens is 6. The molecule has 0 bridgehead atoms. The molecule has 0 N–H and O–H groups in total. The van der Waals surface area contributed by atoms with Gasteiger partial charge >= 0.3 is 0 Å². The first-order chi connectivity index (χ1) is 11.5. The molecule has 126 valence electrons. The van der Waals surface area contributed by atoms with E-state index in [-0.39, 0.29) is 11.2 Å². The van der Waals surface area contributed by atoms with Crippen molar-refractivity contribution < 1.29 is 8.42 Å². The molecule has 24 heavy (non-hydrogen) atoms. The highest BCUT2D eigenvalue weighted by Crippen LogP contribution is 2.24. The molecular formula is C13H16N8O2S. The molecule has 0 radical (unpaired) electrons. The van der Waals surface area contributed by atoms with Gasteiger partial charge in [0.25, 0.3) is 10.0 Å². The largest absolute Gasteiger partial charge is 0.352 e. The van der Waals surface area contributed by atoms with Gasteiger partial charge < -0.3 is 9.47 Å². The summed E-state index contributed by atoms with van der Waals surface area (Å²) in [7, 11) is -0.353. The van der Waals surface area contributed by atoms with Crippen LogP contribution in [0.4, 0.5) is 5.82 Å². The van der Waals surface area contributed by atoms with Gasteiger partial charge in [-0.15, -0.1) is 15.3 Å². The maximum atomic E-state index is 12.6. The highest BCUT2D eigenvalue weighted by molar-refractivity contribution is 7.89. The lowest BCUT2D eigenvalue weighted by Crippen LogP contribution is -2.60. The predicted molar refractivity (Wildman–Crippen MR) is 84.9 cm³/mol. The van der Waals surface area contributed by atoms with E-state index >= 15 is 0 Å². The van der Waals surface area contributed by atoms with Crippen LogP contribution < -0.4 is 4.90 Å². The third-order valence-electron chi connectivity index (χ3n) is 4.23. The molecule has 1 saturated heterocycles. The quantitative estimate of drug-likeness (QED) is 0.618. The van der Waals surface area contributed by atoms with E-state index in [2.05, 4.69) is 20.3 Å². The van der Waals surface area contributed by atoms with Gasteiger partial charge in [0.1, 0.15) is 12.1 Å². The summed E-state index contributed by atoms with van der Waals surface area (Å²) in [6, 6.07) is 3.56. The van der Waals surface area contributed by atoms with Crippen molar-refractivity contribution in [2.75, 3.05) is 25.0 Å². The van der Waals surface area contributed by atoms with Gasteiger partial charge in [0.05, 0.1) is 6.04 Å². The van der Waals surface area contributed by atoms with Gasteiger partial charge in [0.2, 0.25) is 5.16 Å². The SMILES string of the molecule is CN(C1CN(c2ccc3nncn3n2)C1)S(=O)(=O)c1nccn1C. The Hall–Kier alpha value is -2.53. The zero-order valence-corrected chi connectivity index (χ0v) is 14.0. The Kier molecular flexibility index (Phi) is 3.28. The normalized spacial score (nSPS) is 16.0. The van der Waals surface area contributed by atoms with Crippen LogP contribution in [0.5, 0.6) is 0 Å². The van der Waals surface area contributed by atoms with E-state index < -0.39 is 10.0 Å². The summed E-state index contributed by atoms with van der Waals surface area (Å²) in [6.07, 6.45) is 4.63. The van der Waals surface area contributed by atoms with Gasteiger partial charge in [-0.05, 0) is 12.1 Å². The van der Waals surface area contributed by atoms with Gasteiger partial charge in [0.15, 0.2) is 5.65 Å². The van der Waals surface area contributed by atoms with Crippen molar-refractivity contribution in [1.29, 1.82) is 0 Å². The summed E-state index contributed by atoms with van der Waals surface area (Å²) in [5.41, 5.74) is 0.672. The van der Waals surface area contributed by atoms with E-state index in [1.165, 1.54) is 21.4 Å². The zero-order chi connectivity index (χ0) is 16.9. The Morgan fingerprint density at radius 2 is 2.08 bits per heavy atom. The molecular weight excluding hydrogens is 332 g/mol. The number of likely N-dealkylation sites (N-methyl/N-ethyl adjacent to an activating group) is 1. The highest BCUT2D eigenvalue weighted by Gasteiger charge is 2.38. The number of hydrogen-bond donors (Lipinski definition) is 0. The van der Waals surface area contributed by atoms with Gasteiger partial charge in [-0.25, -0.2) is 13.4 Å². The average Bonchev–Trinajstić information content (AvgIpc) is 3.13. The first-order valence-corrected chi connectivity index (χ1v) is 8.78. The minimum Gasteiger partial charge on any atom is -0.352 e. The van der Waals surface area contributed by atoms with E-state index in [0.717, 1.165) is 5.82 Å². The van der Waals surface area contributed by atoms with Crippen LogP contribution in [0.15, 0.2) is 36.0 Å². The zero-order valence-electron chi connectivity index (χ0n) is 13.2. The lowest BCUT2D eigenvalue weighted by molar-refractivity contribution is 0.306. The predicted octanol–water partition coefficient (Wildman–Crippen LogP) is -0.633. The molecule has 3 aromatic heterocycles. The molecule has 11 heteroatoms. The molecule has 0 atom stereocenters. The van der Waals surface area contributed by atoms with E-state index in [9.17, 15) is 8.42 Å².